The van der Waals surface area contributed by atoms with Crippen LogP contribution in [0.5, 0.6) is 0 Å². The lowest BCUT2D eigenvalue weighted by molar-refractivity contribution is 0.587. The van der Waals surface area contributed by atoms with E-state index in [1.54, 1.807) is 6.07 Å². The zero-order chi connectivity index (χ0) is 13.4. The summed E-state index contributed by atoms with van der Waals surface area (Å²) < 4.78 is 48.8. The molecule has 1 aliphatic rings. The van der Waals surface area contributed by atoms with Crippen molar-refractivity contribution in [1.29, 1.82) is 0 Å². The predicted octanol–water partition coefficient (Wildman–Crippen LogP) is -0.0991. The van der Waals surface area contributed by atoms with Crippen molar-refractivity contribution < 1.29 is 16.8 Å². The molecule has 1 aromatic heterocycles. The number of aromatic nitrogens is 2. The Hall–Kier alpha value is -1.09. The number of sulfone groups is 1. The lowest BCUT2D eigenvalue weighted by atomic mass is 10.3. The van der Waals surface area contributed by atoms with Gasteiger partial charge in [-0.05, 0) is 12.8 Å². The van der Waals surface area contributed by atoms with Crippen LogP contribution in [0.1, 0.15) is 19.0 Å². The third-order valence-electron chi connectivity index (χ3n) is 2.89. The maximum absolute atomic E-state index is 12.0. The molecule has 102 valence electrons. The van der Waals surface area contributed by atoms with Gasteiger partial charge >= 0.3 is 0 Å². The lowest BCUT2D eigenvalue weighted by Gasteiger charge is -2.09. The molecule has 0 amide bonds. The molecule has 2 rings (SSSR count). The van der Waals surface area contributed by atoms with Crippen LogP contribution in [0.2, 0.25) is 0 Å². The Kier molecular flexibility index (Phi) is 3.37. The molecule has 0 radical (unpaired) electrons. The highest BCUT2D eigenvalue weighted by molar-refractivity contribution is 7.97. The van der Waals surface area contributed by atoms with Crippen LogP contribution in [0.3, 0.4) is 0 Å². The van der Waals surface area contributed by atoms with Crippen LogP contribution in [0.15, 0.2) is 6.07 Å². The first-order valence-corrected chi connectivity index (χ1v) is 8.95. The van der Waals surface area contributed by atoms with E-state index in [4.69, 9.17) is 0 Å². The van der Waals surface area contributed by atoms with Crippen molar-refractivity contribution in [3.8, 4) is 0 Å². The number of H-pyrrole nitrogens is 1. The fourth-order valence-corrected chi connectivity index (χ4v) is 5.85. The average Bonchev–Trinajstić information content (AvgIpc) is 2.84. The molecule has 7 nitrogen and oxygen atoms in total. The summed E-state index contributed by atoms with van der Waals surface area (Å²) in [5.41, 5.74) is 0.812. The number of rotatable bonds is 4. The summed E-state index contributed by atoms with van der Waals surface area (Å²) >= 11 is 0. The van der Waals surface area contributed by atoms with Crippen molar-refractivity contribution in [2.24, 2.45) is 0 Å². The Morgan fingerprint density at radius 1 is 1.56 bits per heavy atom. The molecule has 2 N–H and O–H groups in total. The van der Waals surface area contributed by atoms with Gasteiger partial charge in [0.15, 0.2) is 15.7 Å². The van der Waals surface area contributed by atoms with E-state index >= 15 is 0 Å². The second kappa shape index (κ2) is 4.54. The van der Waals surface area contributed by atoms with Crippen molar-refractivity contribution in [2.75, 3.05) is 16.2 Å². The molecule has 2 heterocycles. The summed E-state index contributed by atoms with van der Waals surface area (Å²) in [6.07, 6.45) is 0.856. The van der Waals surface area contributed by atoms with Crippen molar-refractivity contribution in [3.05, 3.63) is 11.8 Å². The van der Waals surface area contributed by atoms with E-state index in [1.807, 2.05) is 6.92 Å². The normalized spacial score (nSPS) is 23.1. The number of nitrogens with zero attached hydrogens (tertiary/aromatic N) is 1. The highest BCUT2D eigenvalue weighted by Crippen LogP contribution is 2.20. The Balaban J connectivity index is 2.13. The van der Waals surface area contributed by atoms with Crippen molar-refractivity contribution in [3.63, 3.8) is 0 Å². The zero-order valence-electron chi connectivity index (χ0n) is 9.88. The maximum Gasteiger partial charge on any atom is 0.237 e. The summed E-state index contributed by atoms with van der Waals surface area (Å²) in [4.78, 5) is 0. The maximum atomic E-state index is 12.0. The minimum absolute atomic E-state index is 0.0701. The zero-order valence-corrected chi connectivity index (χ0v) is 11.5. The second-order valence-electron chi connectivity index (χ2n) is 4.30. The largest absolute Gasteiger partial charge is 0.280 e. The minimum Gasteiger partial charge on any atom is -0.280 e. The minimum atomic E-state index is -3.69. The standard InChI is InChI=1S/C9H15N3O4S2/c1-2-7-5-9(11-10-7)12-18(15,16)8-3-4-17(13,14)6-8/h5,8H,2-4,6H2,1H3,(H2,10,11,12). The van der Waals surface area contributed by atoms with Gasteiger partial charge in [0.25, 0.3) is 0 Å². The Morgan fingerprint density at radius 2 is 2.28 bits per heavy atom. The molecule has 1 unspecified atom stereocenters. The average molecular weight is 293 g/mol. The van der Waals surface area contributed by atoms with Gasteiger partial charge < -0.3 is 0 Å². The lowest BCUT2D eigenvalue weighted by Crippen LogP contribution is -2.28. The van der Waals surface area contributed by atoms with E-state index in [-0.39, 0.29) is 23.7 Å². The number of sulfonamides is 1. The Bertz CT molecular complexity index is 633. The molecule has 0 spiro atoms. The fraction of sp³-hybridized carbons (Fsp3) is 0.667. The highest BCUT2D eigenvalue weighted by atomic mass is 32.2. The third kappa shape index (κ3) is 2.83. The van der Waals surface area contributed by atoms with Crippen LogP contribution < -0.4 is 4.72 Å². The molecular weight excluding hydrogens is 278 g/mol. The first-order valence-electron chi connectivity index (χ1n) is 5.59. The number of hydrogen-bond acceptors (Lipinski definition) is 5. The molecule has 1 fully saturated rings. The Morgan fingerprint density at radius 3 is 2.78 bits per heavy atom. The van der Waals surface area contributed by atoms with Gasteiger partial charge in [-0.1, -0.05) is 6.92 Å². The van der Waals surface area contributed by atoms with Crippen LogP contribution in [0.25, 0.3) is 0 Å². The van der Waals surface area contributed by atoms with Gasteiger partial charge in [0.1, 0.15) is 0 Å². The van der Waals surface area contributed by atoms with Gasteiger partial charge in [0.05, 0.1) is 16.8 Å². The number of anilines is 1. The predicted molar refractivity (Wildman–Crippen MR) is 67.6 cm³/mol. The quantitative estimate of drug-likeness (QED) is 0.805. The second-order valence-corrected chi connectivity index (χ2v) is 8.49. The topological polar surface area (TPSA) is 109 Å². The molecule has 1 atom stereocenters. The highest BCUT2D eigenvalue weighted by Gasteiger charge is 2.37. The molecule has 0 aromatic carbocycles. The smallest absolute Gasteiger partial charge is 0.237 e. The Labute approximate surface area is 106 Å². The number of aryl methyl sites for hydroxylation is 1. The van der Waals surface area contributed by atoms with Crippen LogP contribution >= 0.6 is 0 Å². The van der Waals surface area contributed by atoms with Gasteiger partial charge in [-0.3, -0.25) is 9.82 Å². The van der Waals surface area contributed by atoms with Gasteiger partial charge in [-0.25, -0.2) is 16.8 Å². The number of nitrogens with one attached hydrogen (secondary N) is 2. The monoisotopic (exact) mass is 293 g/mol. The number of hydrogen-bond donors (Lipinski definition) is 2. The molecule has 1 aromatic rings. The van der Waals surface area contributed by atoms with E-state index in [2.05, 4.69) is 14.9 Å². The van der Waals surface area contributed by atoms with Gasteiger partial charge in [0, 0.05) is 11.8 Å². The van der Waals surface area contributed by atoms with Crippen molar-refractivity contribution in [2.45, 2.75) is 25.0 Å². The van der Waals surface area contributed by atoms with E-state index in [0.29, 0.717) is 6.42 Å². The summed E-state index contributed by atoms with van der Waals surface area (Å²) in [7, 11) is -6.91. The first-order chi connectivity index (χ1) is 8.32. The van der Waals surface area contributed by atoms with E-state index in [9.17, 15) is 16.8 Å². The molecule has 0 bridgehead atoms. The van der Waals surface area contributed by atoms with Gasteiger partial charge in [-0.15, -0.1) is 0 Å². The van der Waals surface area contributed by atoms with Crippen molar-refractivity contribution in [1.82, 2.24) is 10.2 Å². The molecule has 1 aliphatic heterocycles. The van der Waals surface area contributed by atoms with Crippen LogP contribution in [0, 0.1) is 0 Å². The summed E-state index contributed by atoms with van der Waals surface area (Å²) in [5, 5.41) is 5.62. The molecule has 1 saturated heterocycles. The first kappa shape index (κ1) is 13.3. The molecule has 9 heteroatoms. The third-order valence-corrected chi connectivity index (χ3v) is 6.64. The SMILES string of the molecule is CCc1cc(NS(=O)(=O)C2CCS(=O)(=O)C2)n[nH]1. The van der Waals surface area contributed by atoms with Crippen LogP contribution in [-0.4, -0.2) is 43.8 Å². The van der Waals surface area contributed by atoms with Gasteiger partial charge in [0.2, 0.25) is 10.0 Å². The van der Waals surface area contributed by atoms with E-state index in [0.717, 1.165) is 5.69 Å². The van der Waals surface area contributed by atoms with Crippen LogP contribution in [-0.2, 0) is 26.3 Å². The molecular formula is C9H15N3O4S2. The van der Waals surface area contributed by atoms with E-state index in [1.165, 1.54) is 0 Å². The van der Waals surface area contributed by atoms with Crippen LogP contribution in [0.4, 0.5) is 5.82 Å². The molecule has 18 heavy (non-hydrogen) atoms. The molecule has 0 saturated carbocycles. The van der Waals surface area contributed by atoms with E-state index < -0.39 is 25.1 Å². The fourth-order valence-electron chi connectivity index (χ4n) is 1.83. The number of aromatic amines is 1. The summed E-state index contributed by atoms with van der Waals surface area (Å²) in [5.74, 6) is -0.177. The summed E-state index contributed by atoms with van der Waals surface area (Å²) in [6, 6.07) is 1.60. The summed E-state index contributed by atoms with van der Waals surface area (Å²) in [6.45, 7) is 1.91. The molecule has 0 aliphatic carbocycles. The van der Waals surface area contributed by atoms with Crippen molar-refractivity contribution >= 4 is 25.7 Å². The van der Waals surface area contributed by atoms with Gasteiger partial charge in [-0.2, -0.15) is 5.10 Å².